The SMILES string of the molecule is CCNCC(O)COc1cncc(Cl)c1. The molecule has 0 fully saturated rings. The van der Waals surface area contributed by atoms with Crippen LogP contribution in [0.15, 0.2) is 18.5 Å². The van der Waals surface area contributed by atoms with E-state index in [1.54, 1.807) is 12.3 Å². The highest BCUT2D eigenvalue weighted by molar-refractivity contribution is 6.30. The highest BCUT2D eigenvalue weighted by Crippen LogP contribution is 2.14. The van der Waals surface area contributed by atoms with Gasteiger partial charge in [-0.25, -0.2) is 0 Å². The number of nitrogens with zero attached hydrogens (tertiary/aromatic N) is 1. The molecule has 0 saturated carbocycles. The van der Waals surface area contributed by atoms with Gasteiger partial charge < -0.3 is 15.2 Å². The third-order valence-electron chi connectivity index (χ3n) is 1.75. The molecule has 2 N–H and O–H groups in total. The van der Waals surface area contributed by atoms with Crippen LogP contribution in [0.3, 0.4) is 0 Å². The predicted molar refractivity (Wildman–Crippen MR) is 59.3 cm³/mol. The minimum absolute atomic E-state index is 0.231. The zero-order valence-corrected chi connectivity index (χ0v) is 9.37. The number of rotatable bonds is 6. The Morgan fingerprint density at radius 2 is 2.40 bits per heavy atom. The van der Waals surface area contributed by atoms with E-state index >= 15 is 0 Å². The molecule has 1 heterocycles. The van der Waals surface area contributed by atoms with Crippen LogP contribution in [0.25, 0.3) is 0 Å². The van der Waals surface area contributed by atoms with Crippen LogP contribution in [0.1, 0.15) is 6.92 Å². The van der Waals surface area contributed by atoms with Gasteiger partial charge in [-0.1, -0.05) is 18.5 Å². The van der Waals surface area contributed by atoms with Crippen molar-refractivity contribution in [3.63, 3.8) is 0 Å². The second kappa shape index (κ2) is 6.61. The number of pyridine rings is 1. The topological polar surface area (TPSA) is 54.4 Å². The van der Waals surface area contributed by atoms with Crippen molar-refractivity contribution in [1.29, 1.82) is 0 Å². The van der Waals surface area contributed by atoms with Gasteiger partial charge in [0.25, 0.3) is 0 Å². The largest absolute Gasteiger partial charge is 0.489 e. The summed E-state index contributed by atoms with van der Waals surface area (Å²) in [6.07, 6.45) is 2.57. The first kappa shape index (κ1) is 12.2. The van der Waals surface area contributed by atoms with Crippen LogP contribution in [0, 0.1) is 0 Å². The standard InChI is InChI=1S/C10H15ClN2O2/c1-2-12-5-9(14)7-15-10-3-8(11)4-13-6-10/h3-4,6,9,12,14H,2,5,7H2,1H3. The molecule has 0 amide bonds. The third kappa shape index (κ3) is 4.97. The number of halogens is 1. The molecular weight excluding hydrogens is 216 g/mol. The number of hydrogen-bond donors (Lipinski definition) is 2. The van der Waals surface area contributed by atoms with E-state index in [1.165, 1.54) is 6.20 Å². The van der Waals surface area contributed by atoms with Crippen molar-refractivity contribution >= 4 is 11.6 Å². The minimum Gasteiger partial charge on any atom is -0.489 e. The maximum absolute atomic E-state index is 9.47. The van der Waals surface area contributed by atoms with Crippen molar-refractivity contribution in [2.24, 2.45) is 0 Å². The van der Waals surface area contributed by atoms with E-state index in [2.05, 4.69) is 10.3 Å². The number of ether oxygens (including phenoxy) is 1. The van der Waals surface area contributed by atoms with Crippen LogP contribution in [-0.4, -0.2) is 35.9 Å². The summed E-state index contributed by atoms with van der Waals surface area (Å²) in [7, 11) is 0. The van der Waals surface area contributed by atoms with E-state index in [4.69, 9.17) is 16.3 Å². The lowest BCUT2D eigenvalue weighted by Gasteiger charge is -2.12. The molecule has 15 heavy (non-hydrogen) atoms. The van der Waals surface area contributed by atoms with Crippen molar-refractivity contribution in [2.45, 2.75) is 13.0 Å². The zero-order chi connectivity index (χ0) is 11.1. The number of hydrogen-bond acceptors (Lipinski definition) is 4. The van der Waals surface area contributed by atoms with E-state index in [0.717, 1.165) is 6.54 Å². The molecule has 0 aromatic carbocycles. The number of aliphatic hydroxyl groups is 1. The Bertz CT molecular complexity index is 297. The lowest BCUT2D eigenvalue weighted by atomic mass is 10.3. The van der Waals surface area contributed by atoms with E-state index in [0.29, 0.717) is 17.3 Å². The Balaban J connectivity index is 2.30. The average molecular weight is 231 g/mol. The van der Waals surface area contributed by atoms with Gasteiger partial charge in [0, 0.05) is 18.8 Å². The van der Waals surface area contributed by atoms with Gasteiger partial charge in [-0.3, -0.25) is 4.98 Å². The predicted octanol–water partition coefficient (Wildman–Crippen LogP) is 1.08. The fraction of sp³-hybridized carbons (Fsp3) is 0.500. The molecule has 1 rings (SSSR count). The monoisotopic (exact) mass is 230 g/mol. The van der Waals surface area contributed by atoms with Crippen molar-refractivity contribution in [3.05, 3.63) is 23.5 Å². The lowest BCUT2D eigenvalue weighted by molar-refractivity contribution is 0.107. The maximum atomic E-state index is 9.47. The summed E-state index contributed by atoms with van der Waals surface area (Å²) in [6.45, 7) is 3.56. The molecule has 0 radical (unpaired) electrons. The molecule has 1 unspecified atom stereocenters. The highest BCUT2D eigenvalue weighted by atomic mass is 35.5. The molecule has 0 spiro atoms. The number of aromatic nitrogens is 1. The summed E-state index contributed by atoms with van der Waals surface area (Å²) in [4.78, 5) is 3.87. The van der Waals surface area contributed by atoms with Gasteiger partial charge in [0.1, 0.15) is 18.5 Å². The maximum Gasteiger partial charge on any atom is 0.139 e. The molecule has 4 nitrogen and oxygen atoms in total. The van der Waals surface area contributed by atoms with Crippen LogP contribution in [0.4, 0.5) is 0 Å². The molecule has 1 aromatic rings. The van der Waals surface area contributed by atoms with Gasteiger partial charge in [0.15, 0.2) is 0 Å². The zero-order valence-electron chi connectivity index (χ0n) is 8.61. The molecule has 1 aromatic heterocycles. The first-order valence-corrected chi connectivity index (χ1v) is 5.22. The van der Waals surface area contributed by atoms with Gasteiger partial charge in [-0.05, 0) is 6.54 Å². The van der Waals surface area contributed by atoms with Crippen LogP contribution in [0.5, 0.6) is 5.75 Å². The van der Waals surface area contributed by atoms with Crippen molar-refractivity contribution < 1.29 is 9.84 Å². The summed E-state index contributed by atoms with van der Waals surface area (Å²) in [6, 6.07) is 1.66. The van der Waals surface area contributed by atoms with Crippen molar-refractivity contribution in [1.82, 2.24) is 10.3 Å². The van der Waals surface area contributed by atoms with Gasteiger partial charge in [-0.15, -0.1) is 0 Å². The minimum atomic E-state index is -0.524. The average Bonchev–Trinajstić information content (AvgIpc) is 2.23. The first-order chi connectivity index (χ1) is 7.22. The Morgan fingerprint density at radius 3 is 3.07 bits per heavy atom. The summed E-state index contributed by atoms with van der Waals surface area (Å²) in [5, 5.41) is 13.0. The van der Waals surface area contributed by atoms with Crippen LogP contribution >= 0.6 is 11.6 Å². The summed E-state index contributed by atoms with van der Waals surface area (Å²) in [5.74, 6) is 0.568. The van der Waals surface area contributed by atoms with E-state index in [-0.39, 0.29) is 6.61 Å². The van der Waals surface area contributed by atoms with Crippen molar-refractivity contribution in [2.75, 3.05) is 19.7 Å². The normalized spacial score (nSPS) is 12.5. The van der Waals surface area contributed by atoms with Gasteiger partial charge in [-0.2, -0.15) is 0 Å². The van der Waals surface area contributed by atoms with E-state index < -0.39 is 6.10 Å². The Hall–Kier alpha value is -0.840. The highest BCUT2D eigenvalue weighted by Gasteiger charge is 2.04. The molecule has 0 bridgehead atoms. The van der Waals surface area contributed by atoms with Crippen molar-refractivity contribution in [3.8, 4) is 5.75 Å². The summed E-state index contributed by atoms with van der Waals surface area (Å²) in [5.41, 5.74) is 0. The van der Waals surface area contributed by atoms with Crippen LogP contribution in [0.2, 0.25) is 5.02 Å². The molecule has 0 aliphatic carbocycles. The molecule has 0 aliphatic heterocycles. The number of aliphatic hydroxyl groups excluding tert-OH is 1. The number of nitrogens with one attached hydrogen (secondary N) is 1. The first-order valence-electron chi connectivity index (χ1n) is 4.84. The second-order valence-corrected chi connectivity index (χ2v) is 3.55. The van der Waals surface area contributed by atoms with Crippen LogP contribution < -0.4 is 10.1 Å². The van der Waals surface area contributed by atoms with E-state index in [9.17, 15) is 5.11 Å². The molecule has 0 saturated heterocycles. The third-order valence-corrected chi connectivity index (χ3v) is 1.96. The smallest absolute Gasteiger partial charge is 0.139 e. The Morgan fingerprint density at radius 1 is 1.60 bits per heavy atom. The summed E-state index contributed by atoms with van der Waals surface area (Å²) < 4.78 is 5.31. The molecule has 84 valence electrons. The molecular formula is C10H15ClN2O2. The molecule has 1 atom stereocenters. The quantitative estimate of drug-likeness (QED) is 0.768. The van der Waals surface area contributed by atoms with Gasteiger partial charge in [0.05, 0.1) is 11.2 Å². The summed E-state index contributed by atoms with van der Waals surface area (Å²) >= 11 is 5.73. The number of likely N-dealkylation sites (N-methyl/N-ethyl adjacent to an activating group) is 1. The molecule has 5 heteroatoms. The van der Waals surface area contributed by atoms with E-state index in [1.807, 2.05) is 6.92 Å². The lowest BCUT2D eigenvalue weighted by Crippen LogP contribution is -2.31. The second-order valence-electron chi connectivity index (χ2n) is 3.11. The molecule has 0 aliphatic rings. The van der Waals surface area contributed by atoms with Gasteiger partial charge >= 0.3 is 0 Å². The fourth-order valence-corrected chi connectivity index (χ4v) is 1.20. The van der Waals surface area contributed by atoms with Crippen LogP contribution in [-0.2, 0) is 0 Å². The Kier molecular flexibility index (Phi) is 5.39. The Labute approximate surface area is 94.2 Å². The van der Waals surface area contributed by atoms with Gasteiger partial charge in [0.2, 0.25) is 0 Å². The fourth-order valence-electron chi connectivity index (χ4n) is 1.03.